The molecule has 1 fully saturated rings. The molecule has 0 atom stereocenters. The maximum Gasteiger partial charge on any atom is 0.410 e. The Morgan fingerprint density at radius 3 is 2.69 bits per heavy atom. The van der Waals surface area contributed by atoms with Crippen molar-refractivity contribution in [3.8, 4) is 0 Å². The predicted molar refractivity (Wildman–Crippen MR) is 104 cm³/mol. The van der Waals surface area contributed by atoms with E-state index in [2.05, 4.69) is 9.55 Å². The lowest BCUT2D eigenvalue weighted by atomic mass is 9.97. The van der Waals surface area contributed by atoms with Crippen LogP contribution in [-0.2, 0) is 24.3 Å². The van der Waals surface area contributed by atoms with Gasteiger partial charge < -0.3 is 19.9 Å². The Bertz CT molecular complexity index is 739. The third-order valence-corrected chi connectivity index (χ3v) is 4.83. The molecule has 1 aromatic carbocycles. The highest BCUT2D eigenvalue weighted by atomic mass is 32.1. The van der Waals surface area contributed by atoms with Crippen molar-refractivity contribution in [3.05, 3.63) is 54.1 Å². The molecule has 1 amide bonds. The molecule has 0 aliphatic carbocycles. The van der Waals surface area contributed by atoms with Crippen molar-refractivity contribution in [2.45, 2.75) is 32.4 Å². The Kier molecular flexibility index (Phi) is 6.22. The standard InChI is InChI=1S/C19H24N4O2S/c20-18(26)10-17-11-21-14-23(17)12-15-6-8-22(9-7-15)19(24)25-13-16-4-2-1-3-5-16/h1-5,11,14-15H,6-10,12-13H2,(H2,20,26). The molecule has 0 spiro atoms. The summed E-state index contributed by atoms with van der Waals surface area (Å²) in [4.78, 5) is 18.7. The molecule has 3 rings (SSSR count). The Labute approximate surface area is 159 Å². The first-order chi connectivity index (χ1) is 12.6. The summed E-state index contributed by atoms with van der Waals surface area (Å²) in [6, 6.07) is 9.74. The molecule has 1 saturated heterocycles. The van der Waals surface area contributed by atoms with Gasteiger partial charge in [-0.2, -0.15) is 0 Å². The first kappa shape index (κ1) is 18.4. The molecule has 6 nitrogen and oxygen atoms in total. The van der Waals surface area contributed by atoms with E-state index in [1.165, 1.54) is 0 Å². The number of carbonyl (C=O) groups excluding carboxylic acids is 1. The van der Waals surface area contributed by atoms with Gasteiger partial charge in [-0.3, -0.25) is 0 Å². The fourth-order valence-electron chi connectivity index (χ4n) is 3.23. The number of aromatic nitrogens is 2. The van der Waals surface area contributed by atoms with Gasteiger partial charge in [0.25, 0.3) is 0 Å². The van der Waals surface area contributed by atoms with E-state index in [0.29, 0.717) is 23.9 Å². The second-order valence-electron chi connectivity index (χ2n) is 6.65. The minimum absolute atomic E-state index is 0.232. The van der Waals surface area contributed by atoms with Gasteiger partial charge in [0.2, 0.25) is 0 Å². The topological polar surface area (TPSA) is 73.4 Å². The van der Waals surface area contributed by atoms with Crippen molar-refractivity contribution in [1.82, 2.24) is 14.5 Å². The normalized spacial score (nSPS) is 15.0. The number of nitrogens with two attached hydrogens (primary N) is 1. The second kappa shape index (κ2) is 8.80. The minimum Gasteiger partial charge on any atom is -0.445 e. The number of rotatable bonds is 6. The fourth-order valence-corrected chi connectivity index (χ4v) is 3.37. The summed E-state index contributed by atoms with van der Waals surface area (Å²) in [5, 5.41) is 0. The summed E-state index contributed by atoms with van der Waals surface area (Å²) in [5.74, 6) is 0.507. The average molecular weight is 372 g/mol. The molecule has 2 N–H and O–H groups in total. The summed E-state index contributed by atoms with van der Waals surface area (Å²) in [6.45, 7) is 2.64. The summed E-state index contributed by atoms with van der Waals surface area (Å²) < 4.78 is 7.53. The number of amides is 1. The molecule has 2 heterocycles. The van der Waals surface area contributed by atoms with E-state index < -0.39 is 0 Å². The van der Waals surface area contributed by atoms with Crippen LogP contribution < -0.4 is 5.73 Å². The lowest BCUT2D eigenvalue weighted by Crippen LogP contribution is -2.39. The van der Waals surface area contributed by atoms with E-state index in [4.69, 9.17) is 22.7 Å². The lowest BCUT2D eigenvalue weighted by molar-refractivity contribution is 0.0806. The largest absolute Gasteiger partial charge is 0.445 e. The molecule has 0 saturated carbocycles. The number of hydrogen-bond acceptors (Lipinski definition) is 4. The predicted octanol–water partition coefficient (Wildman–Crippen LogP) is 2.76. The van der Waals surface area contributed by atoms with Crippen LogP contribution in [0.1, 0.15) is 24.1 Å². The zero-order chi connectivity index (χ0) is 18.4. The average Bonchev–Trinajstić information content (AvgIpc) is 3.07. The van der Waals surface area contributed by atoms with Crippen LogP contribution in [0.4, 0.5) is 4.79 Å². The molecular weight excluding hydrogens is 348 g/mol. The monoisotopic (exact) mass is 372 g/mol. The van der Waals surface area contributed by atoms with E-state index in [0.717, 1.165) is 43.7 Å². The molecule has 2 aromatic rings. The van der Waals surface area contributed by atoms with Crippen molar-refractivity contribution in [1.29, 1.82) is 0 Å². The van der Waals surface area contributed by atoms with Crippen molar-refractivity contribution < 1.29 is 9.53 Å². The van der Waals surface area contributed by atoms with E-state index >= 15 is 0 Å². The van der Waals surface area contributed by atoms with Crippen molar-refractivity contribution in [3.63, 3.8) is 0 Å². The van der Waals surface area contributed by atoms with Gasteiger partial charge >= 0.3 is 6.09 Å². The van der Waals surface area contributed by atoms with Gasteiger partial charge in [0.15, 0.2) is 0 Å². The molecule has 1 aromatic heterocycles. The van der Waals surface area contributed by atoms with Crippen LogP contribution in [0.25, 0.3) is 0 Å². The zero-order valence-electron chi connectivity index (χ0n) is 14.7. The van der Waals surface area contributed by atoms with Gasteiger partial charge in [0, 0.05) is 37.9 Å². The molecule has 0 unspecified atom stereocenters. The number of thiocarbonyl (C=S) groups is 1. The first-order valence-corrected chi connectivity index (χ1v) is 9.25. The van der Waals surface area contributed by atoms with Crippen LogP contribution in [0, 0.1) is 5.92 Å². The van der Waals surface area contributed by atoms with Gasteiger partial charge in [-0.05, 0) is 24.3 Å². The van der Waals surface area contributed by atoms with Gasteiger partial charge in [-0.1, -0.05) is 42.5 Å². The van der Waals surface area contributed by atoms with E-state index in [-0.39, 0.29) is 6.09 Å². The molecule has 1 aliphatic heterocycles. The van der Waals surface area contributed by atoms with Gasteiger partial charge in [-0.25, -0.2) is 9.78 Å². The highest BCUT2D eigenvalue weighted by molar-refractivity contribution is 7.80. The molecule has 7 heteroatoms. The zero-order valence-corrected chi connectivity index (χ0v) is 15.5. The van der Waals surface area contributed by atoms with Gasteiger partial charge in [-0.15, -0.1) is 0 Å². The maximum absolute atomic E-state index is 12.2. The molecule has 0 radical (unpaired) electrons. The molecule has 0 bridgehead atoms. The number of piperidine rings is 1. The molecule has 26 heavy (non-hydrogen) atoms. The molecular formula is C19H24N4O2S. The fraction of sp³-hybridized carbons (Fsp3) is 0.421. The number of ether oxygens (including phenoxy) is 1. The van der Waals surface area contributed by atoms with Crippen molar-refractivity contribution >= 4 is 23.3 Å². The number of benzene rings is 1. The van der Waals surface area contributed by atoms with Crippen LogP contribution in [0.3, 0.4) is 0 Å². The SMILES string of the molecule is NC(=S)Cc1cncn1CC1CCN(C(=O)OCc2ccccc2)CC1. The highest BCUT2D eigenvalue weighted by Gasteiger charge is 2.24. The van der Waals surface area contributed by atoms with Crippen LogP contribution >= 0.6 is 12.2 Å². The number of carbonyl (C=O) groups is 1. The van der Waals surface area contributed by atoms with Crippen molar-refractivity contribution in [2.75, 3.05) is 13.1 Å². The Balaban J connectivity index is 1.44. The van der Waals surface area contributed by atoms with Crippen LogP contribution in [-0.4, -0.2) is 38.6 Å². The summed E-state index contributed by atoms with van der Waals surface area (Å²) >= 11 is 4.99. The number of imidazole rings is 1. The minimum atomic E-state index is -0.232. The summed E-state index contributed by atoms with van der Waals surface area (Å²) in [6.07, 6.45) is 5.88. The number of likely N-dealkylation sites (tertiary alicyclic amines) is 1. The maximum atomic E-state index is 12.2. The number of hydrogen-bond donors (Lipinski definition) is 1. The van der Waals surface area contributed by atoms with Crippen LogP contribution in [0.15, 0.2) is 42.9 Å². The Morgan fingerprint density at radius 1 is 1.27 bits per heavy atom. The van der Waals surface area contributed by atoms with Crippen LogP contribution in [0.2, 0.25) is 0 Å². The Hall–Kier alpha value is -2.41. The highest BCUT2D eigenvalue weighted by Crippen LogP contribution is 2.21. The Morgan fingerprint density at radius 2 is 2.00 bits per heavy atom. The van der Waals surface area contributed by atoms with Gasteiger partial charge in [0.05, 0.1) is 11.3 Å². The number of nitrogens with zero attached hydrogens (tertiary/aromatic N) is 3. The lowest BCUT2D eigenvalue weighted by Gasteiger charge is -2.31. The third-order valence-electron chi connectivity index (χ3n) is 4.69. The summed E-state index contributed by atoms with van der Waals surface area (Å²) in [5.41, 5.74) is 7.68. The third kappa shape index (κ3) is 5.05. The smallest absolute Gasteiger partial charge is 0.410 e. The van der Waals surface area contributed by atoms with E-state index in [1.807, 2.05) is 42.9 Å². The summed E-state index contributed by atoms with van der Waals surface area (Å²) in [7, 11) is 0. The quantitative estimate of drug-likeness (QED) is 0.790. The van der Waals surface area contributed by atoms with E-state index in [9.17, 15) is 4.79 Å². The second-order valence-corrected chi connectivity index (χ2v) is 7.18. The first-order valence-electron chi connectivity index (χ1n) is 8.84. The van der Waals surface area contributed by atoms with Gasteiger partial charge in [0.1, 0.15) is 6.61 Å². The molecule has 138 valence electrons. The van der Waals surface area contributed by atoms with Crippen molar-refractivity contribution in [2.24, 2.45) is 11.7 Å². The molecule has 1 aliphatic rings. The van der Waals surface area contributed by atoms with E-state index in [1.54, 1.807) is 4.90 Å². The van der Waals surface area contributed by atoms with Crippen LogP contribution in [0.5, 0.6) is 0 Å².